The molecule has 0 aromatic carbocycles. The van der Waals surface area contributed by atoms with Crippen molar-refractivity contribution in [3.63, 3.8) is 0 Å². The predicted molar refractivity (Wildman–Crippen MR) is 73.7 cm³/mol. The van der Waals surface area contributed by atoms with Crippen LogP contribution in [0.2, 0.25) is 0 Å². The first-order valence-corrected chi connectivity index (χ1v) is 7.49. The second kappa shape index (κ2) is 4.19. The van der Waals surface area contributed by atoms with Crippen molar-refractivity contribution in [2.75, 3.05) is 26.7 Å². The summed E-state index contributed by atoms with van der Waals surface area (Å²) in [5.74, 6) is 0.918. The van der Waals surface area contributed by atoms with Crippen molar-refractivity contribution in [3.05, 3.63) is 0 Å². The van der Waals surface area contributed by atoms with E-state index in [1.54, 1.807) is 0 Å². The quantitative estimate of drug-likeness (QED) is 0.830. The maximum absolute atomic E-state index is 5.59. The van der Waals surface area contributed by atoms with Gasteiger partial charge in [-0.25, -0.2) is 0 Å². The van der Waals surface area contributed by atoms with Gasteiger partial charge >= 0.3 is 0 Å². The zero-order chi connectivity index (χ0) is 13.0. The van der Waals surface area contributed by atoms with E-state index in [2.05, 4.69) is 31.0 Å². The molecule has 1 saturated heterocycles. The van der Waals surface area contributed by atoms with Gasteiger partial charge in [0.2, 0.25) is 0 Å². The van der Waals surface area contributed by atoms with Crippen LogP contribution in [0.3, 0.4) is 0 Å². The van der Waals surface area contributed by atoms with Crippen LogP contribution in [0.1, 0.15) is 40.0 Å². The van der Waals surface area contributed by atoms with E-state index in [4.69, 9.17) is 4.74 Å². The molecule has 0 radical (unpaired) electrons. The molecule has 2 aliphatic carbocycles. The number of piperazine rings is 1. The molecule has 3 rings (SSSR count). The van der Waals surface area contributed by atoms with Crippen LogP contribution in [0.4, 0.5) is 0 Å². The highest BCUT2D eigenvalue weighted by Gasteiger charge is 2.54. The standard InChI is InChI=1S/C15H28N2O/c1-14(2)12(9-13(14)18-4)17-8-7-16-15(3,10-17)11-5-6-11/h11-13,16H,5-10H2,1-4H3. The summed E-state index contributed by atoms with van der Waals surface area (Å²) < 4.78 is 5.59. The van der Waals surface area contributed by atoms with Crippen LogP contribution in [0.15, 0.2) is 0 Å². The van der Waals surface area contributed by atoms with Gasteiger partial charge in [0.05, 0.1) is 6.10 Å². The van der Waals surface area contributed by atoms with Crippen molar-refractivity contribution in [3.8, 4) is 0 Å². The minimum absolute atomic E-state index is 0.316. The fraction of sp³-hybridized carbons (Fsp3) is 1.00. The molecule has 1 heterocycles. The summed E-state index contributed by atoms with van der Waals surface area (Å²) in [7, 11) is 1.86. The molecule has 1 N–H and O–H groups in total. The van der Waals surface area contributed by atoms with Gasteiger partial charge in [-0.2, -0.15) is 0 Å². The molecule has 3 heteroatoms. The fourth-order valence-electron chi connectivity index (χ4n) is 4.19. The van der Waals surface area contributed by atoms with Crippen molar-refractivity contribution in [1.29, 1.82) is 0 Å². The van der Waals surface area contributed by atoms with Crippen molar-refractivity contribution < 1.29 is 4.74 Å². The Morgan fingerprint density at radius 2 is 1.94 bits per heavy atom. The van der Waals surface area contributed by atoms with E-state index in [9.17, 15) is 0 Å². The highest BCUT2D eigenvalue weighted by atomic mass is 16.5. The van der Waals surface area contributed by atoms with Crippen LogP contribution in [0, 0.1) is 11.3 Å². The van der Waals surface area contributed by atoms with Crippen LogP contribution < -0.4 is 5.32 Å². The van der Waals surface area contributed by atoms with Gasteiger partial charge < -0.3 is 10.1 Å². The average Bonchev–Trinajstić information content (AvgIpc) is 3.12. The smallest absolute Gasteiger partial charge is 0.0652 e. The molecule has 0 spiro atoms. The summed E-state index contributed by atoms with van der Waals surface area (Å²) in [4.78, 5) is 2.73. The van der Waals surface area contributed by atoms with Crippen molar-refractivity contribution in [1.82, 2.24) is 10.2 Å². The minimum atomic E-state index is 0.316. The Morgan fingerprint density at radius 3 is 2.50 bits per heavy atom. The Morgan fingerprint density at radius 1 is 1.22 bits per heavy atom. The average molecular weight is 252 g/mol. The molecule has 3 fully saturated rings. The summed E-state index contributed by atoms with van der Waals surface area (Å²) in [5, 5.41) is 3.77. The van der Waals surface area contributed by atoms with Crippen LogP contribution in [-0.2, 0) is 4.74 Å². The molecule has 18 heavy (non-hydrogen) atoms. The van der Waals surface area contributed by atoms with Gasteiger partial charge in [0.25, 0.3) is 0 Å². The first-order valence-electron chi connectivity index (χ1n) is 7.49. The third kappa shape index (κ3) is 1.91. The minimum Gasteiger partial charge on any atom is -0.381 e. The lowest BCUT2D eigenvalue weighted by molar-refractivity contribution is -0.146. The molecule has 0 aromatic rings. The first kappa shape index (κ1) is 12.9. The van der Waals surface area contributed by atoms with Gasteiger partial charge in [0.1, 0.15) is 0 Å². The Balaban J connectivity index is 1.66. The largest absolute Gasteiger partial charge is 0.381 e. The number of nitrogens with zero attached hydrogens (tertiary/aromatic N) is 1. The number of nitrogens with one attached hydrogen (secondary N) is 1. The lowest BCUT2D eigenvalue weighted by atomic mass is 9.63. The Labute approximate surface area is 111 Å². The SMILES string of the molecule is COC1CC(N2CCNC(C)(C3CC3)C2)C1(C)C. The van der Waals surface area contributed by atoms with Crippen LogP contribution >= 0.6 is 0 Å². The number of hydrogen-bond acceptors (Lipinski definition) is 3. The molecule has 3 unspecified atom stereocenters. The first-order chi connectivity index (χ1) is 8.47. The van der Waals surface area contributed by atoms with Gasteiger partial charge in [-0.15, -0.1) is 0 Å². The molecule has 0 bridgehead atoms. The molecule has 3 nitrogen and oxygen atoms in total. The third-order valence-corrected chi connectivity index (χ3v) is 5.79. The Bertz CT molecular complexity index is 326. The normalized spacial score (nSPS) is 44.7. The highest BCUT2D eigenvalue weighted by molar-refractivity contribution is 5.09. The van der Waals surface area contributed by atoms with Crippen LogP contribution in [0.5, 0.6) is 0 Å². The maximum atomic E-state index is 5.59. The van der Waals surface area contributed by atoms with E-state index in [1.807, 2.05) is 7.11 Å². The third-order valence-electron chi connectivity index (χ3n) is 5.79. The molecular formula is C15H28N2O. The van der Waals surface area contributed by atoms with Crippen molar-refractivity contribution in [2.24, 2.45) is 11.3 Å². The van der Waals surface area contributed by atoms with Crippen molar-refractivity contribution in [2.45, 2.75) is 57.7 Å². The van der Waals surface area contributed by atoms with E-state index in [-0.39, 0.29) is 0 Å². The second-order valence-electron chi connectivity index (χ2n) is 7.39. The Hall–Kier alpha value is -0.120. The molecular weight excluding hydrogens is 224 g/mol. The van der Waals surface area contributed by atoms with Gasteiger partial charge in [0, 0.05) is 43.7 Å². The summed E-state index contributed by atoms with van der Waals surface area (Å²) in [5.41, 5.74) is 0.684. The molecule has 3 aliphatic rings. The number of methoxy groups -OCH3 is 1. The number of ether oxygens (including phenoxy) is 1. The van der Waals surface area contributed by atoms with E-state index < -0.39 is 0 Å². The number of hydrogen-bond donors (Lipinski definition) is 1. The van der Waals surface area contributed by atoms with Crippen molar-refractivity contribution >= 4 is 0 Å². The number of rotatable bonds is 3. The van der Waals surface area contributed by atoms with Gasteiger partial charge in [-0.3, -0.25) is 4.90 Å². The lowest BCUT2D eigenvalue weighted by Gasteiger charge is -2.58. The molecule has 104 valence electrons. The zero-order valence-corrected chi connectivity index (χ0v) is 12.3. The molecule has 3 atom stereocenters. The van der Waals surface area contributed by atoms with Gasteiger partial charge in [0.15, 0.2) is 0 Å². The maximum Gasteiger partial charge on any atom is 0.0652 e. The molecule has 0 aromatic heterocycles. The van der Waals surface area contributed by atoms with Gasteiger partial charge in [-0.1, -0.05) is 13.8 Å². The van der Waals surface area contributed by atoms with E-state index >= 15 is 0 Å². The summed E-state index contributed by atoms with van der Waals surface area (Å²) in [6.45, 7) is 10.7. The lowest BCUT2D eigenvalue weighted by Crippen LogP contribution is -2.69. The van der Waals surface area contributed by atoms with E-state index in [0.29, 0.717) is 23.1 Å². The second-order valence-corrected chi connectivity index (χ2v) is 7.39. The highest BCUT2D eigenvalue weighted by Crippen LogP contribution is 2.48. The van der Waals surface area contributed by atoms with E-state index in [1.165, 1.54) is 32.4 Å². The van der Waals surface area contributed by atoms with E-state index in [0.717, 1.165) is 12.5 Å². The topological polar surface area (TPSA) is 24.5 Å². The van der Waals surface area contributed by atoms with Crippen LogP contribution in [-0.4, -0.2) is 49.3 Å². The van der Waals surface area contributed by atoms with Gasteiger partial charge in [-0.05, 0) is 32.1 Å². The summed E-state index contributed by atoms with van der Waals surface area (Å²) in [6.07, 6.45) is 4.51. The predicted octanol–water partition coefficient (Wildman–Crippen LogP) is 1.87. The zero-order valence-electron chi connectivity index (χ0n) is 12.3. The monoisotopic (exact) mass is 252 g/mol. The van der Waals surface area contributed by atoms with Crippen LogP contribution in [0.25, 0.3) is 0 Å². The molecule has 1 aliphatic heterocycles. The molecule has 2 saturated carbocycles. The summed E-state index contributed by atoms with van der Waals surface area (Å²) in [6, 6.07) is 0.711. The Kier molecular flexibility index (Phi) is 3.00. The fourth-order valence-corrected chi connectivity index (χ4v) is 4.19. The molecule has 0 amide bonds. The summed E-state index contributed by atoms with van der Waals surface area (Å²) >= 11 is 0.